The van der Waals surface area contributed by atoms with Crippen LogP contribution >= 0.6 is 0 Å². The number of rotatable bonds is 2. The Morgan fingerprint density at radius 1 is 0.342 bits per heavy atom. The van der Waals surface area contributed by atoms with Crippen molar-refractivity contribution in [2.75, 3.05) is 0 Å². The summed E-state index contributed by atoms with van der Waals surface area (Å²) in [5, 5.41) is 5.13. The molecule has 7 aromatic rings. The lowest BCUT2D eigenvalue weighted by Gasteiger charge is -2.12. The van der Waals surface area contributed by atoms with E-state index in [2.05, 4.69) is 130 Å². The van der Waals surface area contributed by atoms with Crippen molar-refractivity contribution in [3.63, 3.8) is 0 Å². The molecule has 194 valence electrons. The van der Waals surface area contributed by atoms with Crippen LogP contribution in [-0.4, -0.2) is 9.13 Å². The van der Waals surface area contributed by atoms with E-state index in [1.807, 2.05) is 27.7 Å². The highest BCUT2D eigenvalue weighted by Gasteiger charge is 2.14. The van der Waals surface area contributed by atoms with E-state index in [9.17, 15) is 0 Å². The van der Waals surface area contributed by atoms with Gasteiger partial charge in [0.25, 0.3) is 0 Å². The van der Waals surface area contributed by atoms with Gasteiger partial charge in [0.1, 0.15) is 0 Å². The molecule has 0 aliphatic carbocycles. The Kier molecular flexibility index (Phi) is 9.15. The smallest absolute Gasteiger partial charge is 0.0541 e. The van der Waals surface area contributed by atoms with Gasteiger partial charge in [-0.1, -0.05) is 121 Å². The first-order valence-corrected chi connectivity index (χ1v) is 13.0. The zero-order valence-corrected chi connectivity index (χ0v) is 21.4. The summed E-state index contributed by atoms with van der Waals surface area (Å²) in [7, 11) is 0. The average molecular weight is 501 g/mol. The molecular formula is C36H40N2. The van der Waals surface area contributed by atoms with E-state index < -0.39 is 0 Å². The second-order valence-corrected chi connectivity index (χ2v) is 8.26. The van der Waals surface area contributed by atoms with Crippen molar-refractivity contribution in [1.29, 1.82) is 0 Å². The van der Waals surface area contributed by atoms with Gasteiger partial charge < -0.3 is 9.13 Å². The summed E-state index contributed by atoms with van der Waals surface area (Å²) in [6.45, 7) is 8.00. The van der Waals surface area contributed by atoms with Crippen LogP contribution in [0.1, 0.15) is 42.5 Å². The van der Waals surface area contributed by atoms with Gasteiger partial charge in [-0.2, -0.15) is 0 Å². The molecular weight excluding hydrogens is 460 g/mol. The van der Waals surface area contributed by atoms with Crippen LogP contribution < -0.4 is 0 Å². The number of nitrogens with zero attached hydrogens (tertiary/aromatic N) is 2. The topological polar surface area (TPSA) is 9.86 Å². The van der Waals surface area contributed by atoms with Crippen LogP contribution in [0.15, 0.2) is 121 Å². The minimum absolute atomic E-state index is 0. The van der Waals surface area contributed by atoms with Gasteiger partial charge in [-0.05, 0) is 42.5 Å². The third-order valence-corrected chi connectivity index (χ3v) is 6.51. The Labute approximate surface area is 227 Å². The lowest BCUT2D eigenvalue weighted by Crippen LogP contribution is -1.98. The summed E-state index contributed by atoms with van der Waals surface area (Å²) in [5.74, 6) is 0. The maximum absolute atomic E-state index is 2.38. The van der Waals surface area contributed by atoms with Crippen molar-refractivity contribution < 1.29 is 0 Å². The fourth-order valence-corrected chi connectivity index (χ4v) is 5.17. The van der Waals surface area contributed by atoms with Crippen LogP contribution in [0, 0.1) is 0 Å². The second kappa shape index (κ2) is 12.3. The largest absolute Gasteiger partial charge is 0.309 e. The number of hydrogen-bond acceptors (Lipinski definition) is 0. The minimum atomic E-state index is 0. The first-order chi connectivity index (χ1) is 17.9. The summed E-state index contributed by atoms with van der Waals surface area (Å²) < 4.78 is 4.75. The van der Waals surface area contributed by atoms with Gasteiger partial charge in [-0.3, -0.25) is 0 Å². The lowest BCUT2D eigenvalue weighted by molar-refractivity contribution is 1.13. The standard InChI is InChI=1S/C30H20N2.2C2H6.2CH4/c1-5-16-27-23(12-1)24-13-2-6-17-28(24)31(27)21-10-9-11-22(20-21)32-29-18-7-3-14-25(29)26-15-4-8-19-30(26)32;2*1-2;;/h1-20H;2*1-2H3;2*1H4. The Balaban J connectivity index is 0.000000639. The number of benzene rings is 5. The molecule has 0 bridgehead atoms. The average Bonchev–Trinajstić information content (AvgIpc) is 3.49. The fraction of sp³-hybridized carbons (Fsp3) is 0.167. The van der Waals surface area contributed by atoms with Gasteiger partial charge in [0, 0.05) is 32.9 Å². The molecule has 0 amide bonds. The van der Waals surface area contributed by atoms with E-state index >= 15 is 0 Å². The fourth-order valence-electron chi connectivity index (χ4n) is 5.17. The predicted octanol–water partition coefficient (Wildman–Crippen LogP) is 11.2. The van der Waals surface area contributed by atoms with Crippen molar-refractivity contribution in [2.24, 2.45) is 0 Å². The second-order valence-electron chi connectivity index (χ2n) is 8.26. The van der Waals surface area contributed by atoms with Crippen LogP contribution in [0.5, 0.6) is 0 Å². The maximum atomic E-state index is 2.38. The number of aromatic nitrogens is 2. The molecule has 5 aromatic carbocycles. The quantitative estimate of drug-likeness (QED) is 0.223. The number of hydrogen-bond donors (Lipinski definition) is 0. The van der Waals surface area contributed by atoms with Crippen LogP contribution in [0.25, 0.3) is 55.0 Å². The van der Waals surface area contributed by atoms with Crippen LogP contribution in [0.2, 0.25) is 0 Å². The summed E-state index contributed by atoms with van der Waals surface area (Å²) in [6, 6.07) is 43.5. The molecule has 2 heteroatoms. The van der Waals surface area contributed by atoms with Gasteiger partial charge in [0.15, 0.2) is 0 Å². The predicted molar refractivity (Wildman–Crippen MR) is 171 cm³/mol. The summed E-state index contributed by atoms with van der Waals surface area (Å²) >= 11 is 0. The molecule has 38 heavy (non-hydrogen) atoms. The molecule has 0 atom stereocenters. The van der Waals surface area contributed by atoms with Crippen molar-refractivity contribution in [3.05, 3.63) is 121 Å². The molecule has 0 fully saturated rings. The molecule has 0 saturated heterocycles. The molecule has 0 saturated carbocycles. The monoisotopic (exact) mass is 500 g/mol. The van der Waals surface area contributed by atoms with Gasteiger partial charge in [0.05, 0.1) is 22.1 Å². The van der Waals surface area contributed by atoms with E-state index in [1.54, 1.807) is 0 Å². The molecule has 0 aliphatic heterocycles. The Morgan fingerprint density at radius 3 is 0.895 bits per heavy atom. The number of fused-ring (bicyclic) bond motifs is 6. The third kappa shape index (κ3) is 4.48. The van der Waals surface area contributed by atoms with E-state index in [0.717, 1.165) is 0 Å². The molecule has 0 unspecified atom stereocenters. The molecule has 0 spiro atoms. The van der Waals surface area contributed by atoms with Crippen molar-refractivity contribution >= 4 is 43.6 Å². The molecule has 2 heterocycles. The van der Waals surface area contributed by atoms with Crippen LogP contribution in [0.4, 0.5) is 0 Å². The minimum Gasteiger partial charge on any atom is -0.309 e. The van der Waals surface area contributed by atoms with Crippen LogP contribution in [-0.2, 0) is 0 Å². The first kappa shape index (κ1) is 28.3. The highest BCUT2D eigenvalue weighted by Crippen LogP contribution is 2.35. The van der Waals surface area contributed by atoms with E-state index in [0.29, 0.717) is 0 Å². The summed E-state index contributed by atoms with van der Waals surface area (Å²) in [4.78, 5) is 0. The Morgan fingerprint density at radius 2 is 0.605 bits per heavy atom. The summed E-state index contributed by atoms with van der Waals surface area (Å²) in [6.07, 6.45) is 0. The van der Waals surface area contributed by atoms with E-state index in [4.69, 9.17) is 0 Å². The van der Waals surface area contributed by atoms with Crippen molar-refractivity contribution in [2.45, 2.75) is 42.5 Å². The van der Waals surface area contributed by atoms with Gasteiger partial charge >= 0.3 is 0 Å². The Bertz CT molecular complexity index is 1550. The molecule has 0 N–H and O–H groups in total. The van der Waals surface area contributed by atoms with Gasteiger partial charge in [0.2, 0.25) is 0 Å². The highest BCUT2D eigenvalue weighted by molar-refractivity contribution is 6.10. The summed E-state index contributed by atoms with van der Waals surface area (Å²) in [5.41, 5.74) is 7.26. The third-order valence-electron chi connectivity index (χ3n) is 6.51. The molecule has 0 radical (unpaired) electrons. The molecule has 2 nitrogen and oxygen atoms in total. The zero-order chi connectivity index (χ0) is 25.1. The van der Waals surface area contributed by atoms with Gasteiger partial charge in [-0.15, -0.1) is 0 Å². The van der Waals surface area contributed by atoms with Crippen molar-refractivity contribution in [3.8, 4) is 11.4 Å². The highest BCUT2D eigenvalue weighted by atomic mass is 15.0. The van der Waals surface area contributed by atoms with Gasteiger partial charge in [-0.25, -0.2) is 0 Å². The zero-order valence-electron chi connectivity index (χ0n) is 21.4. The van der Waals surface area contributed by atoms with E-state index in [1.165, 1.54) is 55.0 Å². The first-order valence-electron chi connectivity index (χ1n) is 13.0. The SMILES string of the molecule is C.C.CC.CC.c1cc(-n2c3ccccc3c3ccccc32)cc(-n2c3ccccc3c3ccccc32)c1. The molecule has 0 aliphatic rings. The van der Waals surface area contributed by atoms with E-state index in [-0.39, 0.29) is 14.9 Å². The molecule has 2 aromatic heterocycles. The normalized spacial score (nSPS) is 10.2. The lowest BCUT2D eigenvalue weighted by atomic mass is 10.2. The van der Waals surface area contributed by atoms with Crippen molar-refractivity contribution in [1.82, 2.24) is 9.13 Å². The maximum Gasteiger partial charge on any atom is 0.0541 e. The molecule has 7 rings (SSSR count). The number of para-hydroxylation sites is 4. The van der Waals surface area contributed by atoms with Crippen LogP contribution in [0.3, 0.4) is 0 Å². The Hall–Kier alpha value is -4.30.